The average Bonchev–Trinajstić information content (AvgIpc) is 3.06. The molecule has 0 amide bonds. The van der Waals surface area contributed by atoms with Crippen LogP contribution >= 0.6 is 0 Å². The number of rotatable bonds is 12. The number of carbonyl (C=O) groups is 1. The van der Waals surface area contributed by atoms with E-state index in [4.69, 9.17) is 19.4 Å². The molecule has 2 aromatic heterocycles. The molecule has 0 radical (unpaired) electrons. The van der Waals surface area contributed by atoms with E-state index in [1.54, 1.807) is 0 Å². The zero-order valence-electron chi connectivity index (χ0n) is 27.2. The van der Waals surface area contributed by atoms with Gasteiger partial charge in [0.25, 0.3) is 0 Å². The molecule has 4 heterocycles. The number of aryl methyl sites for hydroxylation is 1. The van der Waals surface area contributed by atoms with Crippen molar-refractivity contribution in [3.05, 3.63) is 83.7 Å². The standard InChI is InChI=1S/C37H47N5O4/c1-27-9-3-4-11-32(27)33-12-7-14-37(28(33)2,46-20-8-16-41-18-21-45-22-19-41)40-36-35-30(13-15-38-36)23-29(25-39-35)26-42-17-6-5-10-31(42)24-34(43)44/h3-4,7,9,11-15,23,25,28,31H,5-6,8,10,16-22,24,26H2,1-2H3,(H,38,40)(H,43,44). The van der Waals surface area contributed by atoms with Crippen molar-refractivity contribution < 1.29 is 19.4 Å². The number of piperidine rings is 1. The van der Waals surface area contributed by atoms with Gasteiger partial charge in [0.15, 0.2) is 11.5 Å². The van der Waals surface area contributed by atoms with Crippen molar-refractivity contribution in [1.29, 1.82) is 0 Å². The molecule has 1 aliphatic carbocycles. The van der Waals surface area contributed by atoms with Crippen LogP contribution in [0.25, 0.3) is 16.5 Å². The van der Waals surface area contributed by atoms with Gasteiger partial charge in [-0.05, 0) is 73.2 Å². The lowest BCUT2D eigenvalue weighted by atomic mass is 9.80. The minimum Gasteiger partial charge on any atom is -0.481 e. The topological polar surface area (TPSA) is 100 Å². The fourth-order valence-electron chi connectivity index (χ4n) is 7.15. The van der Waals surface area contributed by atoms with Crippen LogP contribution < -0.4 is 5.32 Å². The van der Waals surface area contributed by atoms with E-state index < -0.39 is 11.7 Å². The first-order valence-corrected chi connectivity index (χ1v) is 16.8. The van der Waals surface area contributed by atoms with Crippen LogP contribution in [0.2, 0.25) is 0 Å². The Morgan fingerprint density at radius 1 is 1.15 bits per heavy atom. The number of benzene rings is 1. The number of likely N-dealkylation sites (tertiary alicyclic amines) is 1. The second-order valence-electron chi connectivity index (χ2n) is 12.9. The maximum absolute atomic E-state index is 11.5. The highest BCUT2D eigenvalue weighted by molar-refractivity contribution is 5.89. The largest absolute Gasteiger partial charge is 0.481 e. The van der Waals surface area contributed by atoms with Gasteiger partial charge in [-0.25, -0.2) is 4.98 Å². The number of hydrogen-bond donors (Lipinski definition) is 2. The molecule has 9 nitrogen and oxygen atoms in total. The van der Waals surface area contributed by atoms with Gasteiger partial charge in [0.1, 0.15) is 5.52 Å². The van der Waals surface area contributed by atoms with Crippen LogP contribution in [0.15, 0.2) is 67.0 Å². The van der Waals surface area contributed by atoms with Crippen molar-refractivity contribution in [1.82, 2.24) is 19.8 Å². The number of aliphatic carboxylic acids is 1. The molecule has 3 atom stereocenters. The summed E-state index contributed by atoms with van der Waals surface area (Å²) in [5, 5.41) is 14.2. The van der Waals surface area contributed by atoms with Gasteiger partial charge in [0.2, 0.25) is 0 Å². The Balaban J connectivity index is 1.25. The smallest absolute Gasteiger partial charge is 0.304 e. The number of nitrogens with zero attached hydrogens (tertiary/aromatic N) is 4. The molecule has 1 aromatic carbocycles. The monoisotopic (exact) mass is 625 g/mol. The van der Waals surface area contributed by atoms with Gasteiger partial charge >= 0.3 is 5.97 Å². The van der Waals surface area contributed by atoms with Crippen molar-refractivity contribution in [2.45, 2.75) is 64.3 Å². The Labute approximate surface area is 272 Å². The lowest BCUT2D eigenvalue weighted by Gasteiger charge is -2.41. The molecule has 0 spiro atoms. The second kappa shape index (κ2) is 14.9. The zero-order chi connectivity index (χ0) is 31.9. The summed E-state index contributed by atoms with van der Waals surface area (Å²) in [5.41, 5.74) is 4.71. The van der Waals surface area contributed by atoms with Crippen LogP contribution in [0.1, 0.15) is 55.7 Å². The van der Waals surface area contributed by atoms with Crippen molar-refractivity contribution in [2.24, 2.45) is 5.92 Å². The molecular weight excluding hydrogens is 578 g/mol. The van der Waals surface area contributed by atoms with Crippen molar-refractivity contribution in [2.75, 3.05) is 51.3 Å². The van der Waals surface area contributed by atoms with Crippen LogP contribution in [-0.2, 0) is 20.8 Å². The number of ether oxygens (including phenoxy) is 2. The van der Waals surface area contributed by atoms with Crippen molar-refractivity contribution in [3.63, 3.8) is 0 Å². The Morgan fingerprint density at radius 2 is 2.00 bits per heavy atom. The summed E-state index contributed by atoms with van der Waals surface area (Å²) in [7, 11) is 0. The van der Waals surface area contributed by atoms with Gasteiger partial charge in [-0.1, -0.05) is 49.8 Å². The van der Waals surface area contributed by atoms with Crippen LogP contribution in [0.4, 0.5) is 5.82 Å². The normalized spacial score (nSPS) is 24.2. The lowest BCUT2D eigenvalue weighted by Crippen LogP contribution is -2.48. The molecule has 2 N–H and O–H groups in total. The predicted molar refractivity (Wildman–Crippen MR) is 181 cm³/mol. The number of fused-ring (bicyclic) bond motifs is 1. The maximum Gasteiger partial charge on any atom is 0.304 e. The third-order valence-electron chi connectivity index (χ3n) is 9.76. The van der Waals surface area contributed by atoms with E-state index in [0.29, 0.717) is 19.0 Å². The van der Waals surface area contributed by atoms with E-state index in [-0.39, 0.29) is 18.4 Å². The summed E-state index contributed by atoms with van der Waals surface area (Å²) in [6.07, 6.45) is 14.3. The fourth-order valence-corrected chi connectivity index (χ4v) is 7.15. The van der Waals surface area contributed by atoms with Gasteiger partial charge in [-0.3, -0.25) is 19.6 Å². The number of morpholine rings is 1. The third-order valence-corrected chi connectivity index (χ3v) is 9.76. The molecule has 2 aliphatic heterocycles. The molecule has 3 aromatic rings. The molecule has 0 saturated carbocycles. The number of hydrogen-bond acceptors (Lipinski definition) is 8. The number of anilines is 1. The molecular formula is C37H47N5O4. The highest BCUT2D eigenvalue weighted by Crippen LogP contribution is 2.40. The molecule has 6 rings (SSSR count). The number of pyridine rings is 2. The number of nitrogens with one attached hydrogen (secondary N) is 1. The highest BCUT2D eigenvalue weighted by atomic mass is 16.5. The van der Waals surface area contributed by atoms with Crippen LogP contribution in [0.3, 0.4) is 0 Å². The zero-order valence-corrected chi connectivity index (χ0v) is 27.2. The van der Waals surface area contributed by atoms with Crippen LogP contribution in [0, 0.1) is 12.8 Å². The summed E-state index contributed by atoms with van der Waals surface area (Å²) in [5.74, 6) is -0.0657. The first-order valence-electron chi connectivity index (χ1n) is 16.8. The summed E-state index contributed by atoms with van der Waals surface area (Å²) < 4.78 is 12.4. The molecule has 3 aliphatic rings. The van der Waals surface area contributed by atoms with E-state index in [9.17, 15) is 9.90 Å². The SMILES string of the molecule is Cc1ccccc1C1=CC=CC(Nc2nccc3cc(CN4CCCCC4CC(=O)O)cnc23)(OCCCN2CCOCC2)C1C. The number of aromatic nitrogens is 2. The molecule has 3 unspecified atom stereocenters. The molecule has 0 bridgehead atoms. The van der Waals surface area contributed by atoms with E-state index in [1.165, 1.54) is 16.7 Å². The minimum atomic E-state index is -0.823. The summed E-state index contributed by atoms with van der Waals surface area (Å²) in [6, 6.07) is 12.7. The average molecular weight is 626 g/mol. The molecule has 9 heteroatoms. The Morgan fingerprint density at radius 3 is 2.83 bits per heavy atom. The quantitative estimate of drug-likeness (QED) is 0.188. The molecule has 2 fully saturated rings. The second-order valence-corrected chi connectivity index (χ2v) is 12.9. The molecule has 244 valence electrons. The number of allylic oxidation sites excluding steroid dienone is 2. The minimum absolute atomic E-state index is 0.0106. The molecule has 2 saturated heterocycles. The van der Waals surface area contributed by atoms with Crippen molar-refractivity contribution in [3.8, 4) is 0 Å². The summed E-state index contributed by atoms with van der Waals surface area (Å²) in [6.45, 7) is 11.0. The fraction of sp³-hybridized carbons (Fsp3) is 0.486. The first kappa shape index (κ1) is 32.3. The van der Waals surface area contributed by atoms with Gasteiger partial charge in [-0.2, -0.15) is 0 Å². The summed E-state index contributed by atoms with van der Waals surface area (Å²) in [4.78, 5) is 25.9. The van der Waals surface area contributed by atoms with Gasteiger partial charge in [0, 0.05) is 55.9 Å². The predicted octanol–water partition coefficient (Wildman–Crippen LogP) is 5.90. The third kappa shape index (κ3) is 7.50. The van der Waals surface area contributed by atoms with Crippen LogP contribution in [-0.4, -0.2) is 88.6 Å². The Hall–Kier alpha value is -3.63. The number of carboxylic acid groups (broad SMARTS) is 1. The molecule has 46 heavy (non-hydrogen) atoms. The van der Waals surface area contributed by atoms with Gasteiger partial charge in [-0.15, -0.1) is 0 Å². The van der Waals surface area contributed by atoms with E-state index >= 15 is 0 Å². The maximum atomic E-state index is 11.5. The lowest BCUT2D eigenvalue weighted by molar-refractivity contribution is -0.138. The highest BCUT2D eigenvalue weighted by Gasteiger charge is 2.40. The van der Waals surface area contributed by atoms with Gasteiger partial charge in [0.05, 0.1) is 26.2 Å². The number of carboxylic acids is 1. The van der Waals surface area contributed by atoms with Gasteiger partial charge < -0.3 is 19.9 Å². The Kier molecular flexibility index (Phi) is 10.4. The Bertz CT molecular complexity index is 1570. The van der Waals surface area contributed by atoms with Crippen molar-refractivity contribution >= 4 is 28.3 Å². The summed E-state index contributed by atoms with van der Waals surface area (Å²) >= 11 is 0. The van der Waals surface area contributed by atoms with Crippen LogP contribution in [0.5, 0.6) is 0 Å². The van der Waals surface area contributed by atoms with E-state index in [2.05, 4.69) is 77.5 Å². The van der Waals surface area contributed by atoms with E-state index in [1.807, 2.05) is 18.5 Å². The van der Waals surface area contributed by atoms with E-state index in [0.717, 1.165) is 81.5 Å². The first-order chi connectivity index (χ1) is 22.4.